The molecule has 2 aromatic heterocycles. The molecule has 1 aromatic carbocycles. The first-order valence-corrected chi connectivity index (χ1v) is 8.91. The number of benzene rings is 1. The average molecular weight is 345 g/mol. The number of nitrogen functional groups attached to an aromatic ring is 1. The zero-order chi connectivity index (χ0) is 17.2. The number of hydrogen-bond acceptors (Lipinski definition) is 7. The maximum atomic E-state index is 11.4. The van der Waals surface area contributed by atoms with Crippen LogP contribution in [-0.4, -0.2) is 24.8 Å². The molecule has 0 bridgehead atoms. The number of nitrogens with zero attached hydrogens (tertiary/aromatic N) is 2. The van der Waals surface area contributed by atoms with Gasteiger partial charge in [-0.1, -0.05) is 17.3 Å². The molecule has 0 atom stereocenters. The number of hydrogen-bond donors (Lipinski definition) is 1. The molecule has 0 aliphatic heterocycles. The second-order valence-corrected chi connectivity index (χ2v) is 7.22. The van der Waals surface area contributed by atoms with Crippen molar-refractivity contribution in [1.29, 1.82) is 0 Å². The monoisotopic (exact) mass is 345 g/mol. The Bertz CT molecular complexity index is 932. The first-order valence-electron chi connectivity index (χ1n) is 7.01. The third-order valence-electron chi connectivity index (χ3n) is 3.33. The molecule has 3 aromatic rings. The van der Waals surface area contributed by atoms with Crippen molar-refractivity contribution < 1.29 is 17.7 Å². The van der Waals surface area contributed by atoms with Crippen LogP contribution in [0.2, 0.25) is 0 Å². The van der Waals surface area contributed by atoms with Crippen LogP contribution in [0, 0.1) is 0 Å². The van der Waals surface area contributed by atoms with Crippen molar-refractivity contribution in [1.82, 2.24) is 10.1 Å². The number of aromatic nitrogens is 2. The van der Waals surface area contributed by atoms with Crippen LogP contribution < -0.4 is 10.5 Å². The lowest BCUT2D eigenvalue weighted by atomic mass is 10.2. The van der Waals surface area contributed by atoms with E-state index in [1.54, 1.807) is 42.6 Å². The summed E-state index contributed by atoms with van der Waals surface area (Å²) in [6.45, 7) is 0.303. The summed E-state index contributed by atoms with van der Waals surface area (Å²) >= 11 is 0. The predicted molar refractivity (Wildman–Crippen MR) is 88.0 cm³/mol. The lowest BCUT2D eigenvalue weighted by molar-refractivity contribution is 0.305. The first kappa shape index (κ1) is 16.0. The normalized spacial score (nSPS) is 11.4. The highest BCUT2D eigenvalue weighted by Crippen LogP contribution is 2.23. The molecular formula is C16H15N3O4S. The van der Waals surface area contributed by atoms with Gasteiger partial charge >= 0.3 is 0 Å². The lowest BCUT2D eigenvalue weighted by Crippen LogP contribution is -1.99. The molecule has 3 rings (SSSR count). The van der Waals surface area contributed by atoms with Crippen molar-refractivity contribution in [2.24, 2.45) is 0 Å². The van der Waals surface area contributed by atoms with Gasteiger partial charge in [-0.3, -0.25) is 4.98 Å². The van der Waals surface area contributed by atoms with Crippen LogP contribution in [-0.2, 0) is 16.4 Å². The van der Waals surface area contributed by atoms with E-state index in [2.05, 4.69) is 10.1 Å². The van der Waals surface area contributed by atoms with E-state index in [9.17, 15) is 8.42 Å². The van der Waals surface area contributed by atoms with Crippen molar-refractivity contribution in [2.45, 2.75) is 11.5 Å². The fourth-order valence-electron chi connectivity index (χ4n) is 2.04. The molecule has 0 amide bonds. The number of nitrogens with two attached hydrogens (primary N) is 1. The van der Waals surface area contributed by atoms with Crippen LogP contribution >= 0.6 is 0 Å². The van der Waals surface area contributed by atoms with Crippen LogP contribution in [0.5, 0.6) is 5.75 Å². The van der Waals surface area contributed by atoms with E-state index in [-0.39, 0.29) is 4.90 Å². The quantitative estimate of drug-likeness (QED) is 0.755. The van der Waals surface area contributed by atoms with E-state index in [0.717, 1.165) is 5.56 Å². The van der Waals surface area contributed by atoms with Gasteiger partial charge in [-0.2, -0.15) is 0 Å². The molecule has 0 unspecified atom stereocenters. The number of ether oxygens (including phenoxy) is 1. The van der Waals surface area contributed by atoms with Crippen LogP contribution in [0.25, 0.3) is 11.4 Å². The number of pyridine rings is 1. The van der Waals surface area contributed by atoms with Gasteiger partial charge in [0.25, 0.3) is 0 Å². The zero-order valence-electron chi connectivity index (χ0n) is 12.8. The third-order valence-corrected chi connectivity index (χ3v) is 4.46. The molecule has 24 heavy (non-hydrogen) atoms. The third kappa shape index (κ3) is 3.54. The van der Waals surface area contributed by atoms with Gasteiger partial charge in [0.15, 0.2) is 15.5 Å². The minimum Gasteiger partial charge on any atom is -0.487 e. The number of anilines is 1. The number of sulfone groups is 1. The average Bonchev–Trinajstić information content (AvgIpc) is 2.99. The van der Waals surface area contributed by atoms with Gasteiger partial charge in [0.2, 0.25) is 0 Å². The van der Waals surface area contributed by atoms with Crippen molar-refractivity contribution in [3.8, 4) is 17.1 Å². The lowest BCUT2D eigenvalue weighted by Gasteiger charge is -2.07. The summed E-state index contributed by atoms with van der Waals surface area (Å²) in [4.78, 5) is 4.51. The molecule has 124 valence electrons. The fraction of sp³-hybridized carbons (Fsp3) is 0.125. The highest BCUT2D eigenvalue weighted by molar-refractivity contribution is 7.90. The summed E-state index contributed by atoms with van der Waals surface area (Å²) in [7, 11) is -3.19. The van der Waals surface area contributed by atoms with Gasteiger partial charge in [-0.25, -0.2) is 8.42 Å². The second kappa shape index (κ2) is 6.32. The Morgan fingerprint density at radius 1 is 1.17 bits per heavy atom. The van der Waals surface area contributed by atoms with E-state index >= 15 is 0 Å². The molecule has 7 nitrogen and oxygen atoms in total. The molecule has 0 saturated heterocycles. The number of rotatable bonds is 5. The van der Waals surface area contributed by atoms with Crippen molar-refractivity contribution in [3.05, 3.63) is 54.4 Å². The SMILES string of the molecule is CS(=O)(=O)c1ccc(COc2ccc(-c3nocc3N)nc2)cc1. The molecule has 0 spiro atoms. The molecule has 8 heteroatoms. The van der Waals surface area contributed by atoms with E-state index < -0.39 is 9.84 Å². The van der Waals surface area contributed by atoms with Gasteiger partial charge in [-0.05, 0) is 29.8 Å². The van der Waals surface area contributed by atoms with Crippen molar-refractivity contribution in [3.63, 3.8) is 0 Å². The Kier molecular flexibility index (Phi) is 4.22. The summed E-state index contributed by atoms with van der Waals surface area (Å²) in [6, 6.07) is 10.0. The van der Waals surface area contributed by atoms with E-state index in [4.69, 9.17) is 15.0 Å². The van der Waals surface area contributed by atoms with E-state index in [0.29, 0.717) is 29.4 Å². The summed E-state index contributed by atoms with van der Waals surface area (Å²) in [5.41, 5.74) is 8.06. The highest BCUT2D eigenvalue weighted by Gasteiger charge is 2.09. The van der Waals surface area contributed by atoms with Crippen LogP contribution in [0.4, 0.5) is 5.69 Å². The van der Waals surface area contributed by atoms with E-state index in [1.807, 2.05) is 0 Å². The minimum atomic E-state index is -3.19. The van der Waals surface area contributed by atoms with Crippen molar-refractivity contribution in [2.75, 3.05) is 12.0 Å². The molecule has 2 heterocycles. The molecule has 0 aliphatic carbocycles. The molecule has 0 fully saturated rings. The van der Waals surface area contributed by atoms with Crippen molar-refractivity contribution >= 4 is 15.5 Å². The first-order chi connectivity index (χ1) is 11.4. The van der Waals surface area contributed by atoms with Gasteiger partial charge < -0.3 is 15.0 Å². The maximum Gasteiger partial charge on any atom is 0.175 e. The second-order valence-electron chi connectivity index (χ2n) is 5.20. The summed E-state index contributed by atoms with van der Waals surface area (Å²) < 4.78 is 33.2. The summed E-state index contributed by atoms with van der Waals surface area (Å²) in [5, 5.41) is 3.78. The summed E-state index contributed by atoms with van der Waals surface area (Å²) in [5.74, 6) is 0.577. The Morgan fingerprint density at radius 2 is 1.92 bits per heavy atom. The Morgan fingerprint density at radius 3 is 2.46 bits per heavy atom. The van der Waals surface area contributed by atoms with Gasteiger partial charge in [0.1, 0.15) is 24.3 Å². The zero-order valence-corrected chi connectivity index (χ0v) is 13.7. The van der Waals surface area contributed by atoms with Crippen LogP contribution in [0.3, 0.4) is 0 Å². The Labute approximate surface area is 139 Å². The Balaban J connectivity index is 1.66. The van der Waals surface area contributed by atoms with Crippen LogP contribution in [0.15, 0.2) is 58.3 Å². The minimum absolute atomic E-state index is 0.280. The summed E-state index contributed by atoms with van der Waals surface area (Å²) in [6.07, 6.45) is 4.09. The molecule has 2 N–H and O–H groups in total. The molecule has 0 aliphatic rings. The largest absolute Gasteiger partial charge is 0.487 e. The molecular weight excluding hydrogens is 330 g/mol. The standard InChI is InChI=1S/C16H15N3O4S/c1-24(20,21)13-5-2-11(3-6-13)9-22-12-4-7-15(18-8-12)16-14(17)10-23-19-16/h2-8,10H,9,17H2,1H3. The predicted octanol–water partition coefficient (Wildman–Crippen LogP) is 2.30. The van der Waals surface area contributed by atoms with Crippen LogP contribution in [0.1, 0.15) is 5.56 Å². The van der Waals surface area contributed by atoms with Gasteiger partial charge in [0.05, 0.1) is 16.8 Å². The smallest absolute Gasteiger partial charge is 0.175 e. The highest BCUT2D eigenvalue weighted by atomic mass is 32.2. The fourth-order valence-corrected chi connectivity index (χ4v) is 2.67. The molecule has 0 radical (unpaired) electrons. The van der Waals surface area contributed by atoms with E-state index in [1.165, 1.54) is 12.5 Å². The van der Waals surface area contributed by atoms with Gasteiger partial charge in [0, 0.05) is 6.26 Å². The molecule has 0 saturated carbocycles. The topological polar surface area (TPSA) is 108 Å². The van der Waals surface area contributed by atoms with Gasteiger partial charge in [-0.15, -0.1) is 0 Å². The Hall–Kier alpha value is -2.87. The maximum absolute atomic E-state index is 11.4.